The third-order valence-electron chi connectivity index (χ3n) is 6.61. The van der Waals surface area contributed by atoms with E-state index in [-0.39, 0.29) is 17.9 Å². The highest BCUT2D eigenvalue weighted by atomic mass is 19.2. The molecular formula is C28H25BF4. The molecule has 4 atom stereocenters. The summed E-state index contributed by atoms with van der Waals surface area (Å²) in [6.45, 7) is 3.01. The van der Waals surface area contributed by atoms with Gasteiger partial charge in [0.2, 0.25) is 0 Å². The molecule has 0 N–H and O–H groups in total. The molecule has 2 unspecified atom stereocenters. The Hall–Kier alpha value is -2.82. The lowest BCUT2D eigenvalue weighted by molar-refractivity contribution is 0.219. The van der Waals surface area contributed by atoms with Crippen molar-refractivity contribution in [2.24, 2.45) is 0 Å². The number of allylic oxidation sites excluding steroid dienone is 8. The van der Waals surface area contributed by atoms with Gasteiger partial charge in [0, 0.05) is 17.1 Å². The van der Waals surface area contributed by atoms with Gasteiger partial charge in [0.15, 0.2) is 24.0 Å². The lowest BCUT2D eigenvalue weighted by Crippen LogP contribution is -2.32. The maximum absolute atomic E-state index is 15.4. The van der Waals surface area contributed by atoms with Crippen molar-refractivity contribution < 1.29 is 17.6 Å². The molecule has 2 aliphatic rings. The molecule has 2 aromatic rings. The molecule has 0 spiro atoms. The minimum atomic E-state index is -2.37. The molecule has 0 heterocycles. The van der Waals surface area contributed by atoms with Crippen LogP contribution in [0, 0.1) is 0 Å². The smallest absolute Gasteiger partial charge is 0.165 e. The average Bonchev–Trinajstić information content (AvgIpc) is 2.84. The third kappa shape index (κ3) is 4.38. The van der Waals surface area contributed by atoms with E-state index >= 15 is 17.6 Å². The molecule has 5 heteroatoms. The minimum absolute atomic E-state index is 0.00715. The second kappa shape index (κ2) is 9.21. The zero-order valence-corrected chi connectivity index (χ0v) is 18.7. The molecule has 168 valence electrons. The van der Waals surface area contributed by atoms with Gasteiger partial charge in [0.05, 0.1) is 7.85 Å². The molecule has 33 heavy (non-hydrogen) atoms. The van der Waals surface area contributed by atoms with E-state index < -0.39 is 40.5 Å². The Morgan fingerprint density at radius 3 is 2.24 bits per heavy atom. The van der Waals surface area contributed by atoms with E-state index in [4.69, 9.17) is 7.85 Å². The summed E-state index contributed by atoms with van der Waals surface area (Å²) in [5.41, 5.74) is 1.26. The third-order valence-corrected chi connectivity index (χ3v) is 6.61. The molecule has 0 aliphatic heterocycles. The van der Waals surface area contributed by atoms with Gasteiger partial charge >= 0.3 is 0 Å². The maximum Gasteiger partial charge on any atom is 0.165 e. The molecule has 2 aromatic carbocycles. The Bertz CT molecular complexity index is 1160. The Labute approximate surface area is 193 Å². The summed E-state index contributed by atoms with van der Waals surface area (Å²) in [5.74, 6) is -2.79. The summed E-state index contributed by atoms with van der Waals surface area (Å²) in [7, 11) is 5.99. The average molecular weight is 448 g/mol. The standard InChI is InChI=1S/C28H25BF4/c1-3-28(2,29)23-26(32)24(30)22(25(31)27(23)33)21-15-19(17-10-6-4-7-11-17)14-20(16-21)18-12-8-5-9-13-18/h4-12,14-16,18,24,26H,3,13H2,1-2H3/t18-,24-,26?,28?/m0/s1. The Balaban J connectivity index is 1.92. The second-order valence-electron chi connectivity index (χ2n) is 8.89. The summed E-state index contributed by atoms with van der Waals surface area (Å²) in [4.78, 5) is 0. The van der Waals surface area contributed by atoms with Crippen LogP contribution in [0.25, 0.3) is 16.7 Å². The normalized spacial score (nSPS) is 24.8. The fraction of sp³-hybridized carbons (Fsp3) is 0.286. The van der Waals surface area contributed by atoms with Crippen LogP contribution in [0.2, 0.25) is 5.31 Å². The van der Waals surface area contributed by atoms with Crippen LogP contribution in [0.5, 0.6) is 0 Å². The van der Waals surface area contributed by atoms with Crippen LogP contribution in [0.3, 0.4) is 0 Å². The van der Waals surface area contributed by atoms with Crippen molar-refractivity contribution in [1.82, 2.24) is 0 Å². The van der Waals surface area contributed by atoms with Crippen LogP contribution in [0.1, 0.15) is 43.7 Å². The van der Waals surface area contributed by atoms with Gasteiger partial charge in [0.25, 0.3) is 0 Å². The van der Waals surface area contributed by atoms with Crippen LogP contribution in [0.15, 0.2) is 90.1 Å². The number of hydrogen-bond acceptors (Lipinski definition) is 0. The van der Waals surface area contributed by atoms with E-state index in [9.17, 15) is 0 Å². The predicted molar refractivity (Wildman–Crippen MR) is 128 cm³/mol. The largest absolute Gasteiger partial charge is 0.239 e. The van der Waals surface area contributed by atoms with Gasteiger partial charge in [-0.15, -0.1) is 0 Å². The van der Waals surface area contributed by atoms with Crippen molar-refractivity contribution in [2.45, 2.75) is 50.3 Å². The van der Waals surface area contributed by atoms with Crippen molar-refractivity contribution in [1.29, 1.82) is 0 Å². The van der Waals surface area contributed by atoms with E-state index in [0.717, 1.165) is 23.1 Å². The highest BCUT2D eigenvalue weighted by Crippen LogP contribution is 2.50. The summed E-state index contributed by atoms with van der Waals surface area (Å²) in [6, 6.07) is 14.6. The zero-order chi connectivity index (χ0) is 23.8. The molecular weight excluding hydrogens is 423 g/mol. The molecule has 2 aliphatic carbocycles. The number of benzene rings is 2. The lowest BCUT2D eigenvalue weighted by atomic mass is 9.60. The van der Waals surface area contributed by atoms with Crippen LogP contribution in [0.4, 0.5) is 17.6 Å². The number of rotatable bonds is 5. The van der Waals surface area contributed by atoms with Crippen LogP contribution in [-0.4, -0.2) is 20.2 Å². The van der Waals surface area contributed by atoms with Crippen molar-refractivity contribution in [3.63, 3.8) is 0 Å². The first kappa shape index (κ1) is 23.3. The molecule has 0 amide bonds. The van der Waals surface area contributed by atoms with Gasteiger partial charge in [-0.25, -0.2) is 17.6 Å². The molecule has 4 rings (SSSR count). The highest BCUT2D eigenvalue weighted by molar-refractivity contribution is 6.17. The van der Waals surface area contributed by atoms with Gasteiger partial charge in [0.1, 0.15) is 0 Å². The van der Waals surface area contributed by atoms with E-state index in [0.29, 0.717) is 0 Å². The number of halogens is 4. The van der Waals surface area contributed by atoms with E-state index in [1.54, 1.807) is 19.1 Å². The highest BCUT2D eigenvalue weighted by Gasteiger charge is 2.44. The van der Waals surface area contributed by atoms with Gasteiger partial charge in [-0.1, -0.05) is 87.0 Å². The minimum Gasteiger partial charge on any atom is -0.239 e. The van der Waals surface area contributed by atoms with Crippen LogP contribution >= 0.6 is 0 Å². The van der Waals surface area contributed by atoms with Gasteiger partial charge in [-0.2, -0.15) is 0 Å². The molecule has 0 nitrogen and oxygen atoms in total. The first-order valence-corrected chi connectivity index (χ1v) is 11.2. The van der Waals surface area contributed by atoms with Gasteiger partial charge in [-0.05, 0) is 40.1 Å². The van der Waals surface area contributed by atoms with Crippen molar-refractivity contribution in [3.05, 3.63) is 101 Å². The second-order valence-corrected chi connectivity index (χ2v) is 8.89. The summed E-state index contributed by atoms with van der Waals surface area (Å²) in [6.07, 6.45) is 4.00. The quantitative estimate of drug-likeness (QED) is 0.319. The van der Waals surface area contributed by atoms with Crippen molar-refractivity contribution >= 4 is 13.4 Å². The first-order valence-electron chi connectivity index (χ1n) is 11.2. The number of alkyl halides is 2. The fourth-order valence-electron chi connectivity index (χ4n) is 4.46. The maximum atomic E-state index is 15.4. The van der Waals surface area contributed by atoms with Gasteiger partial charge < -0.3 is 0 Å². The van der Waals surface area contributed by atoms with E-state index in [1.807, 2.05) is 60.7 Å². The topological polar surface area (TPSA) is 0 Å². The fourth-order valence-corrected chi connectivity index (χ4v) is 4.46. The lowest BCUT2D eigenvalue weighted by Gasteiger charge is -2.35. The molecule has 2 radical (unpaired) electrons. The zero-order valence-electron chi connectivity index (χ0n) is 18.7. The Kier molecular flexibility index (Phi) is 6.51. The summed E-state index contributed by atoms with van der Waals surface area (Å²) < 4.78 is 61.0. The van der Waals surface area contributed by atoms with Gasteiger partial charge in [-0.3, -0.25) is 0 Å². The Morgan fingerprint density at radius 2 is 1.61 bits per heavy atom. The monoisotopic (exact) mass is 448 g/mol. The van der Waals surface area contributed by atoms with Crippen LogP contribution < -0.4 is 0 Å². The van der Waals surface area contributed by atoms with E-state index in [2.05, 4.69) is 0 Å². The molecule has 0 aromatic heterocycles. The van der Waals surface area contributed by atoms with Crippen LogP contribution in [-0.2, 0) is 0 Å². The SMILES string of the molecule is [B]C(C)(CC)C1=C(F)C(F)=C(c2cc(-c3ccccc3)cc([C@H]3C=CC=CC3)c2)[C@H](F)C1F. The molecule has 0 fully saturated rings. The molecule has 0 saturated heterocycles. The van der Waals surface area contributed by atoms with Crippen molar-refractivity contribution in [3.8, 4) is 11.1 Å². The molecule has 0 bridgehead atoms. The predicted octanol–water partition coefficient (Wildman–Crippen LogP) is 8.30. The molecule has 0 saturated carbocycles. The number of hydrogen-bond donors (Lipinski definition) is 0. The Morgan fingerprint density at radius 1 is 0.909 bits per heavy atom. The first-order chi connectivity index (χ1) is 15.7. The van der Waals surface area contributed by atoms with Crippen molar-refractivity contribution in [2.75, 3.05) is 0 Å². The summed E-state index contributed by atoms with van der Waals surface area (Å²) >= 11 is 0. The summed E-state index contributed by atoms with van der Waals surface area (Å²) in [5, 5.41) is -1.49. The van der Waals surface area contributed by atoms with E-state index in [1.165, 1.54) is 6.92 Å².